The Morgan fingerprint density at radius 3 is 2.95 bits per heavy atom. The number of benzene rings is 2. The quantitative estimate of drug-likeness (QED) is 0.413. The lowest BCUT2D eigenvalue weighted by atomic mass is 10.2. The van der Waals surface area contributed by atoms with Crippen molar-refractivity contribution in [2.24, 2.45) is 5.11 Å². The lowest BCUT2D eigenvalue weighted by Gasteiger charge is -2.06. The average Bonchev–Trinajstić information content (AvgIpc) is 2.86. The summed E-state index contributed by atoms with van der Waals surface area (Å²) in [6, 6.07) is 12.9. The van der Waals surface area contributed by atoms with Gasteiger partial charge in [0, 0.05) is 15.6 Å². The number of aromatic nitrogens is 3. The Balaban J connectivity index is 2.05. The molecular weight excluding hydrogens is 276 g/mol. The van der Waals surface area contributed by atoms with Gasteiger partial charge in [0.15, 0.2) is 0 Å². The Labute approximate surface area is 119 Å². The molecule has 0 unspecified atom stereocenters. The second-order valence-electron chi connectivity index (χ2n) is 4.20. The number of rotatable bonds is 3. The highest BCUT2D eigenvalue weighted by molar-refractivity contribution is 6.30. The first kappa shape index (κ1) is 12.5. The molecule has 0 saturated carbocycles. The Morgan fingerprint density at radius 2 is 2.10 bits per heavy atom. The van der Waals surface area contributed by atoms with Gasteiger partial charge in [-0.25, -0.2) is 4.68 Å². The number of nitrogens with zero attached hydrogens (tertiary/aromatic N) is 6. The zero-order chi connectivity index (χ0) is 13.9. The van der Waals surface area contributed by atoms with E-state index in [2.05, 4.69) is 20.3 Å². The summed E-state index contributed by atoms with van der Waals surface area (Å²) >= 11 is 5.91. The molecule has 0 bridgehead atoms. The minimum Gasteiger partial charge on any atom is -0.240 e. The van der Waals surface area contributed by atoms with Gasteiger partial charge in [0.2, 0.25) is 0 Å². The van der Waals surface area contributed by atoms with Crippen LogP contribution in [0.3, 0.4) is 0 Å². The van der Waals surface area contributed by atoms with Crippen molar-refractivity contribution in [3.63, 3.8) is 0 Å². The Hall–Kier alpha value is -2.56. The highest BCUT2D eigenvalue weighted by Gasteiger charge is 2.07. The smallest absolute Gasteiger partial charge is 0.113 e. The summed E-state index contributed by atoms with van der Waals surface area (Å²) in [4.78, 5) is 2.82. The second-order valence-corrected chi connectivity index (χ2v) is 4.63. The molecule has 0 aliphatic heterocycles. The van der Waals surface area contributed by atoms with Crippen molar-refractivity contribution in [2.45, 2.75) is 6.54 Å². The SMILES string of the molecule is [N-]=[N+]=Nc1cc(Cl)ccc1Cn1nnc2ccccc21. The van der Waals surface area contributed by atoms with E-state index in [0.29, 0.717) is 17.3 Å². The van der Waals surface area contributed by atoms with E-state index >= 15 is 0 Å². The Kier molecular flexibility index (Phi) is 3.25. The van der Waals surface area contributed by atoms with E-state index in [-0.39, 0.29) is 0 Å². The van der Waals surface area contributed by atoms with Crippen LogP contribution in [-0.2, 0) is 6.54 Å². The molecule has 2 aromatic carbocycles. The fraction of sp³-hybridized carbons (Fsp3) is 0.0769. The van der Waals surface area contributed by atoms with Gasteiger partial charge in [-0.05, 0) is 35.4 Å². The minimum absolute atomic E-state index is 0.464. The summed E-state index contributed by atoms with van der Waals surface area (Å²) < 4.78 is 1.76. The van der Waals surface area contributed by atoms with Gasteiger partial charge in [-0.2, -0.15) is 0 Å². The number of azide groups is 1. The van der Waals surface area contributed by atoms with Crippen molar-refractivity contribution in [1.29, 1.82) is 0 Å². The molecule has 7 heteroatoms. The third-order valence-corrected chi connectivity index (χ3v) is 3.18. The molecule has 0 fully saturated rings. The Morgan fingerprint density at radius 1 is 1.25 bits per heavy atom. The lowest BCUT2D eigenvalue weighted by molar-refractivity contribution is 0.670. The lowest BCUT2D eigenvalue weighted by Crippen LogP contribution is -2.02. The van der Waals surface area contributed by atoms with Gasteiger partial charge in [0.05, 0.1) is 12.1 Å². The molecule has 98 valence electrons. The van der Waals surface area contributed by atoms with E-state index in [9.17, 15) is 0 Å². The van der Waals surface area contributed by atoms with Crippen molar-refractivity contribution < 1.29 is 0 Å². The molecule has 0 N–H and O–H groups in total. The molecule has 3 aromatic rings. The number of para-hydroxylation sites is 1. The first-order chi connectivity index (χ1) is 9.78. The molecule has 1 aromatic heterocycles. The van der Waals surface area contributed by atoms with Crippen LogP contribution in [0.5, 0.6) is 0 Å². The fourth-order valence-electron chi connectivity index (χ4n) is 2.01. The van der Waals surface area contributed by atoms with Crippen molar-refractivity contribution in [2.75, 3.05) is 0 Å². The van der Waals surface area contributed by atoms with Crippen LogP contribution in [0, 0.1) is 0 Å². The zero-order valence-electron chi connectivity index (χ0n) is 10.3. The number of fused-ring (bicyclic) bond motifs is 1. The van der Waals surface area contributed by atoms with Crippen LogP contribution >= 0.6 is 11.6 Å². The average molecular weight is 285 g/mol. The predicted octanol–water partition coefficient (Wildman–Crippen LogP) is 4.07. The maximum Gasteiger partial charge on any atom is 0.113 e. The van der Waals surface area contributed by atoms with Gasteiger partial charge >= 0.3 is 0 Å². The van der Waals surface area contributed by atoms with Crippen molar-refractivity contribution >= 4 is 28.3 Å². The molecule has 20 heavy (non-hydrogen) atoms. The zero-order valence-corrected chi connectivity index (χ0v) is 11.1. The van der Waals surface area contributed by atoms with Crippen LogP contribution in [0.25, 0.3) is 21.5 Å². The monoisotopic (exact) mass is 284 g/mol. The molecule has 0 radical (unpaired) electrons. The minimum atomic E-state index is 0.464. The van der Waals surface area contributed by atoms with Gasteiger partial charge in [-0.15, -0.1) is 5.10 Å². The van der Waals surface area contributed by atoms with Gasteiger partial charge in [-0.1, -0.05) is 40.1 Å². The maximum atomic E-state index is 8.61. The van der Waals surface area contributed by atoms with Crippen molar-refractivity contribution in [3.8, 4) is 0 Å². The third-order valence-electron chi connectivity index (χ3n) is 2.94. The van der Waals surface area contributed by atoms with Crippen LogP contribution in [0.2, 0.25) is 5.02 Å². The molecular formula is C13H9ClN6. The summed E-state index contributed by atoms with van der Waals surface area (Å²) in [5, 5.41) is 12.4. The highest BCUT2D eigenvalue weighted by atomic mass is 35.5. The van der Waals surface area contributed by atoms with E-state index in [1.54, 1.807) is 16.8 Å². The molecule has 0 spiro atoms. The summed E-state index contributed by atoms with van der Waals surface area (Å²) in [6.45, 7) is 0.464. The molecule has 3 rings (SSSR count). The molecule has 0 aliphatic carbocycles. The number of halogens is 1. The fourth-order valence-corrected chi connectivity index (χ4v) is 2.17. The van der Waals surface area contributed by atoms with Gasteiger partial charge in [0.25, 0.3) is 0 Å². The van der Waals surface area contributed by atoms with Crippen molar-refractivity contribution in [1.82, 2.24) is 15.0 Å². The van der Waals surface area contributed by atoms with E-state index in [1.807, 2.05) is 30.3 Å². The van der Waals surface area contributed by atoms with E-state index < -0.39 is 0 Å². The first-order valence-corrected chi connectivity index (χ1v) is 6.27. The Bertz CT molecular complexity index is 819. The standard InChI is InChI=1S/C13H9ClN6/c14-10-6-5-9(12(7-10)16-18-15)8-20-13-4-2-1-3-11(13)17-19-20/h1-7H,8H2. The number of hydrogen-bond donors (Lipinski definition) is 0. The topological polar surface area (TPSA) is 79.5 Å². The molecule has 6 nitrogen and oxygen atoms in total. The highest BCUT2D eigenvalue weighted by Crippen LogP contribution is 2.25. The summed E-state index contributed by atoms with van der Waals surface area (Å²) in [5.41, 5.74) is 11.7. The molecule has 0 atom stereocenters. The number of hydrogen-bond acceptors (Lipinski definition) is 3. The van der Waals surface area contributed by atoms with Crippen LogP contribution in [0.1, 0.15) is 5.56 Å². The van der Waals surface area contributed by atoms with E-state index in [0.717, 1.165) is 16.6 Å². The molecule has 0 saturated heterocycles. The molecule has 0 aliphatic rings. The first-order valence-electron chi connectivity index (χ1n) is 5.89. The third kappa shape index (κ3) is 2.30. The van der Waals surface area contributed by atoms with E-state index in [1.165, 1.54) is 0 Å². The van der Waals surface area contributed by atoms with Crippen LogP contribution in [0.4, 0.5) is 5.69 Å². The van der Waals surface area contributed by atoms with Crippen LogP contribution in [0.15, 0.2) is 47.6 Å². The largest absolute Gasteiger partial charge is 0.240 e. The summed E-state index contributed by atoms with van der Waals surface area (Å²) in [5.74, 6) is 0. The summed E-state index contributed by atoms with van der Waals surface area (Å²) in [6.07, 6.45) is 0. The molecule has 0 amide bonds. The summed E-state index contributed by atoms with van der Waals surface area (Å²) in [7, 11) is 0. The predicted molar refractivity (Wildman–Crippen MR) is 76.9 cm³/mol. The molecule has 1 heterocycles. The van der Waals surface area contributed by atoms with E-state index in [4.69, 9.17) is 17.1 Å². The van der Waals surface area contributed by atoms with Crippen molar-refractivity contribution in [3.05, 3.63) is 63.5 Å². The second kappa shape index (κ2) is 5.21. The van der Waals surface area contributed by atoms with Gasteiger partial charge in [0.1, 0.15) is 5.52 Å². The maximum absolute atomic E-state index is 8.61. The normalized spacial score (nSPS) is 10.4. The van der Waals surface area contributed by atoms with Gasteiger partial charge < -0.3 is 0 Å². The van der Waals surface area contributed by atoms with Crippen LogP contribution in [-0.4, -0.2) is 15.0 Å². The van der Waals surface area contributed by atoms with Gasteiger partial charge in [-0.3, -0.25) is 0 Å². The van der Waals surface area contributed by atoms with Crippen LogP contribution < -0.4 is 0 Å².